The first-order chi connectivity index (χ1) is 12.9. The Balaban J connectivity index is 1.65. The second kappa shape index (κ2) is 7.95. The molecule has 0 bridgehead atoms. The number of carbonyl (C=O) groups excluding carboxylic acids is 2. The minimum Gasteiger partial charge on any atom is -0.456 e. The van der Waals surface area contributed by atoms with Crippen molar-refractivity contribution in [2.75, 3.05) is 0 Å². The second-order valence-electron chi connectivity index (χ2n) is 7.31. The van der Waals surface area contributed by atoms with Crippen molar-refractivity contribution in [3.8, 4) is 5.75 Å². The number of hydrogen-bond acceptors (Lipinski definition) is 4. The molecule has 4 heteroatoms. The van der Waals surface area contributed by atoms with Crippen molar-refractivity contribution in [3.05, 3.63) is 54.1 Å². The van der Waals surface area contributed by atoms with E-state index in [4.69, 9.17) is 9.47 Å². The fraction of sp³-hybridized carbons (Fsp3) is 0.391. The molecule has 3 rings (SSSR count). The van der Waals surface area contributed by atoms with Crippen molar-refractivity contribution in [1.82, 2.24) is 0 Å². The summed E-state index contributed by atoms with van der Waals surface area (Å²) in [6.07, 6.45) is 4.49. The molecule has 0 heterocycles. The zero-order valence-corrected chi connectivity index (χ0v) is 16.0. The van der Waals surface area contributed by atoms with Crippen molar-refractivity contribution < 1.29 is 19.1 Å². The zero-order chi connectivity index (χ0) is 19.4. The summed E-state index contributed by atoms with van der Waals surface area (Å²) in [5, 5.41) is 1.90. The molecule has 0 aliphatic heterocycles. The van der Waals surface area contributed by atoms with Crippen LogP contribution in [-0.2, 0) is 14.3 Å². The maximum atomic E-state index is 12.4. The Morgan fingerprint density at radius 2 is 1.74 bits per heavy atom. The maximum absolute atomic E-state index is 12.4. The van der Waals surface area contributed by atoms with Gasteiger partial charge in [-0.25, -0.2) is 4.79 Å². The average molecular weight is 366 g/mol. The van der Waals surface area contributed by atoms with Crippen LogP contribution in [0.2, 0.25) is 0 Å². The predicted octanol–water partition coefficient (Wildman–Crippen LogP) is 5.27. The van der Waals surface area contributed by atoms with Crippen molar-refractivity contribution >= 4 is 22.7 Å². The van der Waals surface area contributed by atoms with E-state index in [2.05, 4.69) is 6.58 Å². The lowest BCUT2D eigenvalue weighted by atomic mass is 9.98. The van der Waals surface area contributed by atoms with Crippen LogP contribution in [0.15, 0.2) is 48.6 Å². The van der Waals surface area contributed by atoms with E-state index in [0.717, 1.165) is 48.4 Å². The fourth-order valence-corrected chi connectivity index (χ4v) is 3.73. The molecule has 0 spiro atoms. The molecule has 2 aromatic carbocycles. The Morgan fingerprint density at radius 1 is 1.07 bits per heavy atom. The molecule has 0 N–H and O–H groups in total. The Bertz CT molecular complexity index is 875. The number of aryl methyl sites for hydroxylation is 1. The van der Waals surface area contributed by atoms with E-state index in [1.807, 2.05) is 44.2 Å². The van der Waals surface area contributed by atoms with Crippen molar-refractivity contribution in [2.24, 2.45) is 0 Å². The van der Waals surface area contributed by atoms with Crippen molar-refractivity contribution in [2.45, 2.75) is 58.0 Å². The van der Waals surface area contributed by atoms with Crippen LogP contribution in [0.4, 0.5) is 0 Å². The molecule has 0 aromatic heterocycles. The van der Waals surface area contributed by atoms with Crippen LogP contribution in [0.25, 0.3) is 10.8 Å². The summed E-state index contributed by atoms with van der Waals surface area (Å²) < 4.78 is 11.2. The van der Waals surface area contributed by atoms with Gasteiger partial charge in [-0.15, -0.1) is 0 Å². The molecule has 1 fully saturated rings. The highest BCUT2D eigenvalue weighted by molar-refractivity contribution is 5.96. The van der Waals surface area contributed by atoms with Gasteiger partial charge in [0.2, 0.25) is 0 Å². The summed E-state index contributed by atoms with van der Waals surface area (Å²) in [7, 11) is 0. The highest BCUT2D eigenvalue weighted by atomic mass is 16.6. The maximum Gasteiger partial charge on any atom is 0.334 e. The smallest absolute Gasteiger partial charge is 0.334 e. The summed E-state index contributed by atoms with van der Waals surface area (Å²) in [6, 6.07) is 11.5. The van der Waals surface area contributed by atoms with Gasteiger partial charge in [-0.1, -0.05) is 43.8 Å². The SMILES string of the molecule is C=C(CC(=O)Oc1ccc(C)c2ccccc12)C(=O)OC1(CC)CCCC1. The molecule has 142 valence electrons. The molecular formula is C23H26O4. The first-order valence-electron chi connectivity index (χ1n) is 9.54. The third kappa shape index (κ3) is 4.21. The second-order valence-corrected chi connectivity index (χ2v) is 7.31. The van der Waals surface area contributed by atoms with E-state index in [9.17, 15) is 9.59 Å². The molecule has 0 saturated heterocycles. The molecule has 4 nitrogen and oxygen atoms in total. The first-order valence-corrected chi connectivity index (χ1v) is 9.54. The Morgan fingerprint density at radius 3 is 2.41 bits per heavy atom. The van der Waals surface area contributed by atoms with Gasteiger partial charge in [0, 0.05) is 11.0 Å². The standard InChI is InChI=1S/C23H26O4/c1-4-23(13-7-8-14-23)27-22(25)17(3)15-21(24)26-20-12-11-16(2)18-9-5-6-10-19(18)20/h5-6,9-12H,3-4,7-8,13-15H2,1-2H3. The van der Waals surface area contributed by atoms with Crippen LogP contribution in [-0.4, -0.2) is 17.5 Å². The molecular weight excluding hydrogens is 340 g/mol. The number of benzene rings is 2. The van der Waals surface area contributed by atoms with Crippen molar-refractivity contribution in [3.63, 3.8) is 0 Å². The molecule has 0 unspecified atom stereocenters. The van der Waals surface area contributed by atoms with E-state index in [1.165, 1.54) is 0 Å². The highest BCUT2D eigenvalue weighted by Gasteiger charge is 2.36. The molecule has 27 heavy (non-hydrogen) atoms. The zero-order valence-electron chi connectivity index (χ0n) is 16.0. The average Bonchev–Trinajstić information content (AvgIpc) is 3.13. The lowest BCUT2D eigenvalue weighted by molar-refractivity contribution is -0.155. The van der Waals surface area contributed by atoms with Gasteiger partial charge in [-0.2, -0.15) is 0 Å². The molecule has 1 aliphatic rings. The van der Waals surface area contributed by atoms with Gasteiger partial charge in [-0.3, -0.25) is 4.79 Å². The third-order valence-electron chi connectivity index (χ3n) is 5.44. The van der Waals surface area contributed by atoms with Gasteiger partial charge < -0.3 is 9.47 Å². The number of esters is 2. The van der Waals surface area contributed by atoms with Gasteiger partial charge in [-0.05, 0) is 56.0 Å². The summed E-state index contributed by atoms with van der Waals surface area (Å²) >= 11 is 0. The van der Waals surface area contributed by atoms with Crippen LogP contribution < -0.4 is 4.74 Å². The van der Waals surface area contributed by atoms with Gasteiger partial charge in [0.25, 0.3) is 0 Å². The minimum atomic E-state index is -0.511. The number of rotatable bonds is 6. The monoisotopic (exact) mass is 366 g/mol. The van der Waals surface area contributed by atoms with Gasteiger partial charge in [0.15, 0.2) is 0 Å². The summed E-state index contributed by atoms with van der Waals surface area (Å²) in [5.74, 6) is -0.518. The first kappa shape index (κ1) is 19.2. The number of carbonyl (C=O) groups is 2. The molecule has 1 aliphatic carbocycles. The van der Waals surface area contributed by atoms with Crippen molar-refractivity contribution in [1.29, 1.82) is 0 Å². The molecule has 2 aromatic rings. The van der Waals surface area contributed by atoms with Crippen LogP contribution in [0.5, 0.6) is 5.75 Å². The molecule has 0 amide bonds. The van der Waals surface area contributed by atoms with E-state index in [1.54, 1.807) is 6.07 Å². The van der Waals surface area contributed by atoms with E-state index in [-0.39, 0.29) is 12.0 Å². The van der Waals surface area contributed by atoms with E-state index < -0.39 is 17.5 Å². The van der Waals surface area contributed by atoms with Crippen LogP contribution >= 0.6 is 0 Å². The molecule has 0 radical (unpaired) electrons. The summed E-state index contributed by atoms with van der Waals surface area (Å²) in [4.78, 5) is 24.7. The molecule has 0 atom stereocenters. The number of ether oxygens (including phenoxy) is 2. The Labute approximate surface area is 160 Å². The van der Waals surface area contributed by atoms with Gasteiger partial charge in [0.1, 0.15) is 11.4 Å². The lowest BCUT2D eigenvalue weighted by Crippen LogP contribution is -2.32. The topological polar surface area (TPSA) is 52.6 Å². The quantitative estimate of drug-likeness (QED) is 0.397. The highest BCUT2D eigenvalue weighted by Crippen LogP contribution is 2.36. The number of fused-ring (bicyclic) bond motifs is 1. The molecule has 1 saturated carbocycles. The normalized spacial score (nSPS) is 15.5. The van der Waals surface area contributed by atoms with Crippen LogP contribution in [0, 0.1) is 6.92 Å². The largest absolute Gasteiger partial charge is 0.456 e. The third-order valence-corrected chi connectivity index (χ3v) is 5.44. The summed E-state index contributed by atoms with van der Waals surface area (Å²) in [5.41, 5.74) is 0.854. The number of hydrogen-bond donors (Lipinski definition) is 0. The fourth-order valence-electron chi connectivity index (χ4n) is 3.73. The summed E-state index contributed by atoms with van der Waals surface area (Å²) in [6.45, 7) is 7.78. The van der Waals surface area contributed by atoms with E-state index >= 15 is 0 Å². The van der Waals surface area contributed by atoms with Crippen LogP contribution in [0.1, 0.15) is 51.0 Å². The van der Waals surface area contributed by atoms with Gasteiger partial charge in [0.05, 0.1) is 6.42 Å². The predicted molar refractivity (Wildman–Crippen MR) is 106 cm³/mol. The minimum absolute atomic E-state index is 0.135. The van der Waals surface area contributed by atoms with Gasteiger partial charge >= 0.3 is 11.9 Å². The lowest BCUT2D eigenvalue weighted by Gasteiger charge is -2.28. The van der Waals surface area contributed by atoms with E-state index in [0.29, 0.717) is 5.75 Å². The Kier molecular flexibility index (Phi) is 5.64. The van der Waals surface area contributed by atoms with Crippen LogP contribution in [0.3, 0.4) is 0 Å². The Hall–Kier alpha value is -2.62.